The van der Waals surface area contributed by atoms with Crippen LogP contribution in [0, 0.1) is 6.92 Å². The number of carbonyl (C=O) groups is 2. The normalized spacial score (nSPS) is 15.4. The van der Waals surface area contributed by atoms with E-state index >= 15 is 0 Å². The van der Waals surface area contributed by atoms with Gasteiger partial charge in [0.1, 0.15) is 0 Å². The highest BCUT2D eigenvalue weighted by molar-refractivity contribution is 5.93. The molecule has 20 heavy (non-hydrogen) atoms. The minimum absolute atomic E-state index is 0.0383. The summed E-state index contributed by atoms with van der Waals surface area (Å²) < 4.78 is 7.06. The highest BCUT2D eigenvalue weighted by atomic mass is 16.5. The Morgan fingerprint density at radius 1 is 1.35 bits per heavy atom. The standard InChI is InChI=1S/C14H20N2O4/c1-3-15-9-10(2)13(14(18)19)11(15)8-12(17)16-4-6-20-7-5-16/h9H,3-8H2,1-2H3,(H,18,19). The molecule has 0 aliphatic carbocycles. The first-order valence-electron chi connectivity index (χ1n) is 6.82. The van der Waals surface area contributed by atoms with Crippen LogP contribution in [0.2, 0.25) is 0 Å². The van der Waals surface area contributed by atoms with Crippen molar-refractivity contribution in [3.05, 3.63) is 23.0 Å². The van der Waals surface area contributed by atoms with Gasteiger partial charge in [0.2, 0.25) is 5.91 Å². The van der Waals surface area contributed by atoms with Crippen molar-refractivity contribution in [3.63, 3.8) is 0 Å². The van der Waals surface area contributed by atoms with Crippen LogP contribution in [0.25, 0.3) is 0 Å². The van der Waals surface area contributed by atoms with Crippen molar-refractivity contribution in [2.75, 3.05) is 26.3 Å². The summed E-state index contributed by atoms with van der Waals surface area (Å²) in [6, 6.07) is 0. The number of hydrogen-bond acceptors (Lipinski definition) is 3. The van der Waals surface area contributed by atoms with E-state index in [4.69, 9.17) is 4.74 Å². The van der Waals surface area contributed by atoms with Gasteiger partial charge < -0.3 is 19.3 Å². The second-order valence-electron chi connectivity index (χ2n) is 4.89. The van der Waals surface area contributed by atoms with Gasteiger partial charge in [-0.2, -0.15) is 0 Å². The molecule has 1 aliphatic rings. The number of rotatable bonds is 4. The minimum Gasteiger partial charge on any atom is -0.478 e. The van der Waals surface area contributed by atoms with E-state index in [1.54, 1.807) is 18.0 Å². The quantitative estimate of drug-likeness (QED) is 0.890. The van der Waals surface area contributed by atoms with Crippen LogP contribution in [0.4, 0.5) is 0 Å². The molecule has 1 N–H and O–H groups in total. The van der Waals surface area contributed by atoms with E-state index in [0.717, 1.165) is 0 Å². The van der Waals surface area contributed by atoms with Gasteiger partial charge in [-0.15, -0.1) is 0 Å². The number of carboxylic acid groups (broad SMARTS) is 1. The molecule has 0 atom stereocenters. The first-order valence-corrected chi connectivity index (χ1v) is 6.82. The number of morpholine rings is 1. The monoisotopic (exact) mass is 280 g/mol. The fourth-order valence-electron chi connectivity index (χ4n) is 2.58. The van der Waals surface area contributed by atoms with Gasteiger partial charge in [0.05, 0.1) is 25.2 Å². The summed E-state index contributed by atoms with van der Waals surface area (Å²) in [6.07, 6.45) is 1.93. The maximum atomic E-state index is 12.3. The van der Waals surface area contributed by atoms with Crippen molar-refractivity contribution in [2.24, 2.45) is 0 Å². The number of aromatic nitrogens is 1. The van der Waals surface area contributed by atoms with E-state index < -0.39 is 5.97 Å². The fraction of sp³-hybridized carbons (Fsp3) is 0.571. The summed E-state index contributed by atoms with van der Waals surface area (Å²) in [4.78, 5) is 25.4. The zero-order valence-corrected chi connectivity index (χ0v) is 11.9. The third-order valence-corrected chi connectivity index (χ3v) is 3.62. The van der Waals surface area contributed by atoms with E-state index in [9.17, 15) is 14.7 Å². The molecule has 1 saturated heterocycles. The zero-order chi connectivity index (χ0) is 14.7. The van der Waals surface area contributed by atoms with Gasteiger partial charge in [-0.25, -0.2) is 4.79 Å². The largest absolute Gasteiger partial charge is 0.478 e. The van der Waals surface area contributed by atoms with Gasteiger partial charge in [-0.1, -0.05) is 0 Å². The summed E-state index contributed by atoms with van der Waals surface area (Å²) in [7, 11) is 0. The van der Waals surface area contributed by atoms with Crippen LogP contribution in [0.1, 0.15) is 28.5 Å². The Kier molecular flexibility index (Phi) is 4.44. The molecular formula is C14H20N2O4. The van der Waals surface area contributed by atoms with E-state index in [0.29, 0.717) is 44.1 Å². The Hall–Kier alpha value is -1.82. The summed E-state index contributed by atoms with van der Waals surface area (Å²) in [5.41, 5.74) is 1.55. The van der Waals surface area contributed by atoms with Crippen molar-refractivity contribution in [1.29, 1.82) is 0 Å². The molecule has 2 heterocycles. The second kappa shape index (κ2) is 6.09. The van der Waals surface area contributed by atoms with E-state index in [1.807, 2.05) is 11.5 Å². The Labute approximate surface area is 117 Å². The van der Waals surface area contributed by atoms with E-state index in [-0.39, 0.29) is 17.9 Å². The molecule has 0 aromatic carbocycles. The summed E-state index contributed by atoms with van der Waals surface area (Å²) in [5, 5.41) is 9.32. The minimum atomic E-state index is -0.973. The molecule has 6 nitrogen and oxygen atoms in total. The molecule has 1 aliphatic heterocycles. The molecule has 0 radical (unpaired) electrons. The van der Waals surface area contributed by atoms with Crippen molar-refractivity contribution in [2.45, 2.75) is 26.8 Å². The van der Waals surface area contributed by atoms with Crippen LogP contribution < -0.4 is 0 Å². The first-order chi connectivity index (χ1) is 9.54. The molecule has 1 fully saturated rings. The zero-order valence-electron chi connectivity index (χ0n) is 11.9. The molecule has 0 spiro atoms. The van der Waals surface area contributed by atoms with Gasteiger partial charge in [-0.3, -0.25) is 4.79 Å². The van der Waals surface area contributed by atoms with Gasteiger partial charge >= 0.3 is 5.97 Å². The average Bonchev–Trinajstić information content (AvgIpc) is 2.75. The average molecular weight is 280 g/mol. The number of aromatic carboxylic acids is 1. The molecule has 110 valence electrons. The lowest BCUT2D eigenvalue weighted by Crippen LogP contribution is -2.41. The smallest absolute Gasteiger partial charge is 0.337 e. The Bertz CT molecular complexity index is 515. The van der Waals surface area contributed by atoms with Gasteiger partial charge in [0, 0.05) is 31.5 Å². The molecule has 1 amide bonds. The number of aryl methyl sites for hydroxylation is 2. The fourth-order valence-corrected chi connectivity index (χ4v) is 2.58. The number of ether oxygens (including phenoxy) is 1. The third-order valence-electron chi connectivity index (χ3n) is 3.62. The summed E-state index contributed by atoms with van der Waals surface area (Å²) in [6.45, 7) is 6.60. The Morgan fingerprint density at radius 2 is 2.00 bits per heavy atom. The molecular weight excluding hydrogens is 260 g/mol. The maximum absolute atomic E-state index is 12.3. The van der Waals surface area contributed by atoms with Crippen LogP contribution in [0.3, 0.4) is 0 Å². The molecule has 2 rings (SSSR count). The Balaban J connectivity index is 2.23. The van der Waals surface area contributed by atoms with Gasteiger partial charge in [-0.05, 0) is 19.4 Å². The van der Waals surface area contributed by atoms with Crippen molar-refractivity contribution < 1.29 is 19.4 Å². The highest BCUT2D eigenvalue weighted by Gasteiger charge is 2.24. The lowest BCUT2D eigenvalue weighted by atomic mass is 10.1. The number of hydrogen-bond donors (Lipinski definition) is 1. The first kappa shape index (κ1) is 14.6. The Morgan fingerprint density at radius 3 is 2.55 bits per heavy atom. The molecule has 6 heteroatoms. The van der Waals surface area contributed by atoms with Gasteiger partial charge in [0.25, 0.3) is 0 Å². The van der Waals surface area contributed by atoms with E-state index in [2.05, 4.69) is 0 Å². The number of carbonyl (C=O) groups excluding carboxylic acids is 1. The SMILES string of the molecule is CCn1cc(C)c(C(=O)O)c1CC(=O)N1CCOCC1. The molecule has 0 saturated carbocycles. The maximum Gasteiger partial charge on any atom is 0.337 e. The molecule has 1 aromatic rings. The van der Waals surface area contributed by atoms with Crippen molar-refractivity contribution in [1.82, 2.24) is 9.47 Å². The second-order valence-corrected chi connectivity index (χ2v) is 4.89. The van der Waals surface area contributed by atoms with Crippen molar-refractivity contribution in [3.8, 4) is 0 Å². The molecule has 0 bridgehead atoms. The highest BCUT2D eigenvalue weighted by Crippen LogP contribution is 2.19. The number of carboxylic acids is 1. The summed E-state index contributed by atoms with van der Waals surface area (Å²) in [5.74, 6) is -1.01. The topological polar surface area (TPSA) is 71.8 Å². The lowest BCUT2D eigenvalue weighted by Gasteiger charge is -2.27. The van der Waals surface area contributed by atoms with E-state index in [1.165, 1.54) is 0 Å². The van der Waals surface area contributed by atoms with Crippen LogP contribution in [0.5, 0.6) is 0 Å². The van der Waals surface area contributed by atoms with Crippen molar-refractivity contribution >= 4 is 11.9 Å². The van der Waals surface area contributed by atoms with Crippen LogP contribution in [-0.2, 0) is 22.5 Å². The summed E-state index contributed by atoms with van der Waals surface area (Å²) >= 11 is 0. The lowest BCUT2D eigenvalue weighted by molar-refractivity contribution is -0.134. The third kappa shape index (κ3) is 2.85. The van der Waals surface area contributed by atoms with Crippen LogP contribution in [0.15, 0.2) is 6.20 Å². The van der Waals surface area contributed by atoms with Crippen LogP contribution in [-0.4, -0.2) is 52.8 Å². The number of nitrogens with zero attached hydrogens (tertiary/aromatic N) is 2. The predicted molar refractivity (Wildman–Crippen MR) is 72.9 cm³/mol. The molecule has 1 aromatic heterocycles. The van der Waals surface area contributed by atoms with Crippen LogP contribution >= 0.6 is 0 Å². The van der Waals surface area contributed by atoms with Gasteiger partial charge in [0.15, 0.2) is 0 Å². The molecule has 0 unspecified atom stereocenters. The number of amides is 1. The predicted octanol–water partition coefficient (Wildman–Crippen LogP) is 0.916.